The Bertz CT molecular complexity index is 476. The molecule has 14 heavy (non-hydrogen) atoms. The van der Waals surface area contributed by atoms with Crippen LogP contribution < -0.4 is 10.9 Å². The molecule has 0 saturated carbocycles. The summed E-state index contributed by atoms with van der Waals surface area (Å²) in [7, 11) is 1.47. The van der Waals surface area contributed by atoms with Crippen molar-refractivity contribution in [2.45, 2.75) is 13.0 Å². The molecule has 1 aliphatic rings. The summed E-state index contributed by atoms with van der Waals surface area (Å²) in [6, 6.07) is 0.998. The lowest BCUT2D eigenvalue weighted by molar-refractivity contribution is 0.0958. The Kier molecular flexibility index (Phi) is 1.64. The van der Waals surface area contributed by atoms with Crippen LogP contribution in [-0.2, 0) is 7.05 Å². The van der Waals surface area contributed by atoms with Crippen molar-refractivity contribution in [2.24, 2.45) is 7.05 Å². The number of hydrogen-bond donors (Lipinski definition) is 2. The van der Waals surface area contributed by atoms with Gasteiger partial charge in [-0.15, -0.1) is 0 Å². The number of aromatic hydroxyl groups is 1. The van der Waals surface area contributed by atoms with Gasteiger partial charge in [0.1, 0.15) is 0 Å². The molecule has 0 spiro atoms. The van der Waals surface area contributed by atoms with Crippen LogP contribution in [-0.4, -0.2) is 15.6 Å². The molecule has 5 heteroatoms. The zero-order valence-corrected chi connectivity index (χ0v) is 7.87. The van der Waals surface area contributed by atoms with Crippen LogP contribution in [0.3, 0.4) is 0 Å². The van der Waals surface area contributed by atoms with Crippen LogP contribution in [0.2, 0.25) is 0 Å². The van der Waals surface area contributed by atoms with Crippen molar-refractivity contribution in [2.75, 3.05) is 0 Å². The lowest BCUT2D eigenvalue weighted by atomic mass is 10.1. The quantitative estimate of drug-likeness (QED) is 0.605. The van der Waals surface area contributed by atoms with Gasteiger partial charge in [-0.05, 0) is 6.92 Å². The number of nitrogens with one attached hydrogen (secondary N) is 1. The Morgan fingerprint density at radius 3 is 2.79 bits per heavy atom. The zero-order chi connectivity index (χ0) is 10.5. The molecule has 5 nitrogen and oxygen atoms in total. The van der Waals surface area contributed by atoms with Gasteiger partial charge in [0.2, 0.25) is 0 Å². The Balaban J connectivity index is 2.83. The van der Waals surface area contributed by atoms with Gasteiger partial charge >= 0.3 is 0 Å². The average molecular weight is 194 g/mol. The maximum atomic E-state index is 11.3. The van der Waals surface area contributed by atoms with Crippen LogP contribution >= 0.6 is 0 Å². The van der Waals surface area contributed by atoms with Crippen LogP contribution in [0.5, 0.6) is 5.88 Å². The van der Waals surface area contributed by atoms with E-state index in [9.17, 15) is 14.7 Å². The number of rotatable bonds is 0. The molecule has 1 unspecified atom stereocenters. The van der Waals surface area contributed by atoms with E-state index in [0.717, 1.165) is 4.57 Å². The van der Waals surface area contributed by atoms with E-state index in [0.29, 0.717) is 5.56 Å². The minimum atomic E-state index is -0.384. The van der Waals surface area contributed by atoms with E-state index in [1.165, 1.54) is 13.1 Å². The first-order valence-corrected chi connectivity index (χ1v) is 4.26. The number of aromatic nitrogens is 1. The SMILES string of the molecule is CC1NC(=O)c2cc(=O)n(C)c(O)c21. The summed E-state index contributed by atoms with van der Waals surface area (Å²) in [5.74, 6) is -0.446. The molecule has 2 rings (SSSR count). The topological polar surface area (TPSA) is 71.3 Å². The first-order valence-electron chi connectivity index (χ1n) is 4.26. The van der Waals surface area contributed by atoms with E-state index < -0.39 is 0 Å². The molecule has 1 aromatic heterocycles. The van der Waals surface area contributed by atoms with Crippen molar-refractivity contribution in [3.63, 3.8) is 0 Å². The number of carbonyl (C=O) groups excluding carboxylic acids is 1. The lowest BCUT2D eigenvalue weighted by Gasteiger charge is -2.08. The van der Waals surface area contributed by atoms with Gasteiger partial charge in [0.25, 0.3) is 11.5 Å². The first kappa shape index (κ1) is 8.80. The van der Waals surface area contributed by atoms with Gasteiger partial charge in [0, 0.05) is 18.7 Å². The van der Waals surface area contributed by atoms with Crippen LogP contribution in [0.4, 0.5) is 0 Å². The molecule has 1 amide bonds. The lowest BCUT2D eigenvalue weighted by Crippen LogP contribution is -2.18. The fourth-order valence-corrected chi connectivity index (χ4v) is 1.66. The highest BCUT2D eigenvalue weighted by Crippen LogP contribution is 2.30. The number of amides is 1. The third-order valence-electron chi connectivity index (χ3n) is 2.47. The smallest absolute Gasteiger partial charge is 0.253 e. The Morgan fingerprint density at radius 2 is 2.14 bits per heavy atom. The van der Waals surface area contributed by atoms with Crippen LogP contribution in [0.15, 0.2) is 10.9 Å². The third kappa shape index (κ3) is 0.951. The first-order chi connectivity index (χ1) is 6.52. The van der Waals surface area contributed by atoms with Gasteiger partial charge in [-0.25, -0.2) is 0 Å². The van der Waals surface area contributed by atoms with Crippen molar-refractivity contribution in [1.82, 2.24) is 9.88 Å². The van der Waals surface area contributed by atoms with Crippen molar-refractivity contribution in [3.05, 3.63) is 27.5 Å². The molecule has 2 heterocycles. The second-order valence-electron chi connectivity index (χ2n) is 3.39. The van der Waals surface area contributed by atoms with E-state index >= 15 is 0 Å². The summed E-state index contributed by atoms with van der Waals surface area (Å²) < 4.78 is 1.12. The fraction of sp³-hybridized carbons (Fsp3) is 0.333. The molecule has 1 atom stereocenters. The summed E-state index contributed by atoms with van der Waals surface area (Å²) in [4.78, 5) is 22.6. The fourth-order valence-electron chi connectivity index (χ4n) is 1.66. The summed E-state index contributed by atoms with van der Waals surface area (Å²) in [5, 5.41) is 12.3. The molecule has 0 aliphatic carbocycles. The van der Waals surface area contributed by atoms with E-state index in [-0.39, 0.29) is 29.0 Å². The summed E-state index contributed by atoms with van der Waals surface area (Å²) in [6.07, 6.45) is 0. The standard InChI is InChI=1S/C9H10N2O3/c1-4-7-5(8(13)10-4)3-6(12)11(2)9(7)14/h3-4,14H,1-2H3,(H,10,13). The molecular formula is C9H10N2O3. The van der Waals surface area contributed by atoms with Gasteiger partial charge in [-0.2, -0.15) is 0 Å². The molecule has 0 saturated heterocycles. The van der Waals surface area contributed by atoms with Crippen molar-refractivity contribution >= 4 is 5.91 Å². The molecule has 0 bridgehead atoms. The van der Waals surface area contributed by atoms with E-state index in [1.807, 2.05) is 0 Å². The molecule has 2 N–H and O–H groups in total. The van der Waals surface area contributed by atoms with Crippen LogP contribution in [0.1, 0.15) is 28.9 Å². The molecule has 1 aliphatic heterocycles. The number of carbonyl (C=O) groups is 1. The molecule has 0 fully saturated rings. The highest BCUT2D eigenvalue weighted by Gasteiger charge is 2.30. The van der Waals surface area contributed by atoms with Crippen molar-refractivity contribution < 1.29 is 9.90 Å². The van der Waals surface area contributed by atoms with Crippen molar-refractivity contribution in [1.29, 1.82) is 0 Å². The summed E-state index contributed by atoms with van der Waals surface area (Å²) in [6.45, 7) is 1.76. The van der Waals surface area contributed by atoms with Crippen LogP contribution in [0, 0.1) is 0 Å². The van der Waals surface area contributed by atoms with Crippen LogP contribution in [0.25, 0.3) is 0 Å². The van der Waals surface area contributed by atoms with Gasteiger partial charge in [-0.3, -0.25) is 14.2 Å². The maximum absolute atomic E-state index is 11.3. The van der Waals surface area contributed by atoms with Gasteiger partial charge in [0.15, 0.2) is 5.88 Å². The Labute approximate surface area is 80.0 Å². The second kappa shape index (κ2) is 2.60. The van der Waals surface area contributed by atoms with E-state index in [2.05, 4.69) is 5.32 Å². The van der Waals surface area contributed by atoms with Gasteiger partial charge in [-0.1, -0.05) is 0 Å². The molecule has 1 aromatic rings. The third-order valence-corrected chi connectivity index (χ3v) is 2.47. The molecule has 0 radical (unpaired) electrons. The van der Waals surface area contributed by atoms with E-state index in [4.69, 9.17) is 0 Å². The largest absolute Gasteiger partial charge is 0.494 e. The number of hydrogen-bond acceptors (Lipinski definition) is 3. The normalized spacial score (nSPS) is 19.3. The number of pyridine rings is 1. The maximum Gasteiger partial charge on any atom is 0.253 e. The van der Waals surface area contributed by atoms with Gasteiger partial charge in [0.05, 0.1) is 11.6 Å². The molecular weight excluding hydrogens is 184 g/mol. The monoisotopic (exact) mass is 194 g/mol. The minimum Gasteiger partial charge on any atom is -0.494 e. The van der Waals surface area contributed by atoms with E-state index in [1.54, 1.807) is 6.92 Å². The minimum absolute atomic E-state index is 0.140. The number of nitrogens with zero attached hydrogens (tertiary/aromatic N) is 1. The second-order valence-corrected chi connectivity index (χ2v) is 3.39. The Hall–Kier alpha value is -1.78. The Morgan fingerprint density at radius 1 is 1.50 bits per heavy atom. The molecule has 74 valence electrons. The average Bonchev–Trinajstić information content (AvgIpc) is 2.38. The summed E-state index contributed by atoms with van der Waals surface area (Å²) in [5.41, 5.74) is 0.390. The van der Waals surface area contributed by atoms with Crippen molar-refractivity contribution in [3.8, 4) is 5.88 Å². The summed E-state index contributed by atoms with van der Waals surface area (Å²) >= 11 is 0. The zero-order valence-electron chi connectivity index (χ0n) is 7.87. The highest BCUT2D eigenvalue weighted by molar-refractivity contribution is 5.99. The predicted octanol–water partition coefficient (Wildman–Crippen LogP) is -0.105. The highest BCUT2D eigenvalue weighted by atomic mass is 16.3. The number of fused-ring (bicyclic) bond motifs is 1. The molecule has 0 aromatic carbocycles. The predicted molar refractivity (Wildman–Crippen MR) is 49.2 cm³/mol. The van der Waals surface area contributed by atoms with Gasteiger partial charge < -0.3 is 10.4 Å².